The summed E-state index contributed by atoms with van der Waals surface area (Å²) in [7, 11) is -0.140. The number of allylic oxidation sites excluding steroid dienone is 2. The molecule has 108 valence electrons. The Morgan fingerprint density at radius 2 is 1.60 bits per heavy atom. The summed E-state index contributed by atoms with van der Waals surface area (Å²) in [5.74, 6) is 0.415. The molecular formula is C17H25BO2. The predicted molar refractivity (Wildman–Crippen MR) is 84.9 cm³/mol. The smallest absolute Gasteiger partial charge is 0.403 e. The van der Waals surface area contributed by atoms with Crippen LogP contribution in [-0.4, -0.2) is 18.3 Å². The summed E-state index contributed by atoms with van der Waals surface area (Å²) in [6.07, 6.45) is 5.18. The highest BCUT2D eigenvalue weighted by Crippen LogP contribution is 2.37. The fraction of sp³-hybridized carbons (Fsp3) is 0.529. The molecule has 1 aliphatic heterocycles. The Morgan fingerprint density at radius 3 is 2.15 bits per heavy atom. The fourth-order valence-corrected chi connectivity index (χ4v) is 2.32. The van der Waals surface area contributed by atoms with Gasteiger partial charge in [-0.1, -0.05) is 49.4 Å². The van der Waals surface area contributed by atoms with Crippen LogP contribution in [-0.2, 0) is 9.31 Å². The summed E-state index contributed by atoms with van der Waals surface area (Å²) in [5, 5.41) is 0. The minimum Gasteiger partial charge on any atom is -0.403 e. The van der Waals surface area contributed by atoms with Crippen molar-refractivity contribution in [2.24, 2.45) is 0 Å². The highest BCUT2D eigenvalue weighted by atomic mass is 16.7. The molecular weight excluding hydrogens is 247 g/mol. The molecule has 0 saturated carbocycles. The lowest BCUT2D eigenvalue weighted by molar-refractivity contribution is 0.00578. The van der Waals surface area contributed by atoms with E-state index in [0.717, 1.165) is 6.32 Å². The first kappa shape index (κ1) is 15.3. The summed E-state index contributed by atoms with van der Waals surface area (Å²) in [4.78, 5) is 0. The van der Waals surface area contributed by atoms with Crippen molar-refractivity contribution in [3.05, 3.63) is 48.0 Å². The molecule has 0 radical (unpaired) electrons. The van der Waals surface area contributed by atoms with E-state index in [4.69, 9.17) is 9.31 Å². The molecule has 1 fully saturated rings. The second-order valence-electron chi connectivity index (χ2n) is 6.55. The van der Waals surface area contributed by atoms with E-state index in [1.54, 1.807) is 0 Å². The minimum absolute atomic E-state index is 0.140. The van der Waals surface area contributed by atoms with Crippen molar-refractivity contribution in [3.63, 3.8) is 0 Å². The van der Waals surface area contributed by atoms with Gasteiger partial charge in [0.2, 0.25) is 0 Å². The first-order valence-corrected chi connectivity index (χ1v) is 7.39. The molecule has 0 aromatic heterocycles. The molecule has 1 unspecified atom stereocenters. The highest BCUT2D eigenvalue weighted by Gasteiger charge is 2.50. The Bertz CT molecular complexity index is 449. The summed E-state index contributed by atoms with van der Waals surface area (Å²) in [5.41, 5.74) is 0.852. The fourth-order valence-electron chi connectivity index (χ4n) is 2.32. The molecule has 0 spiro atoms. The lowest BCUT2D eigenvalue weighted by Gasteiger charge is -2.32. The van der Waals surface area contributed by atoms with E-state index in [9.17, 15) is 0 Å². The average Bonchev–Trinajstić information content (AvgIpc) is 2.58. The van der Waals surface area contributed by atoms with Crippen LogP contribution in [0.5, 0.6) is 0 Å². The normalized spacial score (nSPS) is 22.4. The zero-order chi connectivity index (χ0) is 14.8. The third kappa shape index (κ3) is 3.33. The van der Waals surface area contributed by atoms with Crippen molar-refractivity contribution in [1.82, 2.24) is 0 Å². The number of benzene rings is 1. The summed E-state index contributed by atoms with van der Waals surface area (Å²) in [6.45, 7) is 10.6. The summed E-state index contributed by atoms with van der Waals surface area (Å²) < 4.78 is 12.0. The maximum absolute atomic E-state index is 5.98. The lowest BCUT2D eigenvalue weighted by Crippen LogP contribution is -2.41. The van der Waals surface area contributed by atoms with Crippen LogP contribution in [0.15, 0.2) is 42.5 Å². The molecule has 0 N–H and O–H groups in total. The second kappa shape index (κ2) is 5.75. The number of rotatable bonds is 4. The molecule has 0 bridgehead atoms. The van der Waals surface area contributed by atoms with Gasteiger partial charge >= 0.3 is 7.12 Å². The van der Waals surface area contributed by atoms with E-state index < -0.39 is 0 Å². The Kier molecular flexibility index (Phi) is 4.41. The largest absolute Gasteiger partial charge is 0.461 e. The molecule has 1 aromatic rings. The van der Waals surface area contributed by atoms with Crippen molar-refractivity contribution in [2.75, 3.05) is 0 Å². The summed E-state index contributed by atoms with van der Waals surface area (Å²) in [6, 6.07) is 10.5. The lowest BCUT2D eigenvalue weighted by atomic mass is 9.84. The van der Waals surface area contributed by atoms with Gasteiger partial charge in [-0.15, -0.1) is 0 Å². The monoisotopic (exact) mass is 272 g/mol. The van der Waals surface area contributed by atoms with Gasteiger partial charge in [0.1, 0.15) is 0 Å². The average molecular weight is 272 g/mol. The van der Waals surface area contributed by atoms with Crippen molar-refractivity contribution < 1.29 is 9.31 Å². The van der Waals surface area contributed by atoms with Gasteiger partial charge in [0.25, 0.3) is 0 Å². The first-order valence-electron chi connectivity index (χ1n) is 7.39. The van der Waals surface area contributed by atoms with E-state index in [1.807, 2.05) is 6.07 Å². The Labute approximate surface area is 123 Å². The van der Waals surface area contributed by atoms with Crippen LogP contribution in [0.25, 0.3) is 0 Å². The Hall–Kier alpha value is -1.06. The van der Waals surface area contributed by atoms with Crippen LogP contribution in [0, 0.1) is 0 Å². The molecule has 0 amide bonds. The zero-order valence-electron chi connectivity index (χ0n) is 13.2. The van der Waals surface area contributed by atoms with Crippen LogP contribution >= 0.6 is 0 Å². The van der Waals surface area contributed by atoms with E-state index >= 15 is 0 Å². The van der Waals surface area contributed by atoms with E-state index in [-0.39, 0.29) is 18.3 Å². The molecule has 1 aliphatic rings. The van der Waals surface area contributed by atoms with Crippen molar-refractivity contribution in [1.29, 1.82) is 0 Å². The molecule has 1 saturated heterocycles. The van der Waals surface area contributed by atoms with Crippen molar-refractivity contribution >= 4 is 7.12 Å². The standard InChI is InChI=1S/C17H25BO2/c1-14(15-11-7-6-8-12-15)10-9-13-18-19-16(2,3)17(4,5)20-18/h6-12,14H,13H2,1-5H3/b10-9+. The molecule has 0 aliphatic carbocycles. The van der Waals surface area contributed by atoms with Gasteiger partial charge in [0, 0.05) is 6.32 Å². The molecule has 1 aromatic carbocycles. The van der Waals surface area contributed by atoms with Crippen LogP contribution in [0.2, 0.25) is 6.32 Å². The summed E-state index contributed by atoms with van der Waals surface area (Å²) >= 11 is 0. The third-order valence-electron chi connectivity index (χ3n) is 4.38. The highest BCUT2D eigenvalue weighted by molar-refractivity contribution is 6.46. The van der Waals surface area contributed by atoms with E-state index in [1.165, 1.54) is 5.56 Å². The molecule has 1 heterocycles. The zero-order valence-corrected chi connectivity index (χ0v) is 13.2. The van der Waals surface area contributed by atoms with Gasteiger partial charge in [0.05, 0.1) is 11.2 Å². The van der Waals surface area contributed by atoms with E-state index in [2.05, 4.69) is 71.0 Å². The van der Waals surface area contributed by atoms with Crippen molar-refractivity contribution in [3.8, 4) is 0 Å². The molecule has 20 heavy (non-hydrogen) atoms. The van der Waals surface area contributed by atoms with Gasteiger partial charge < -0.3 is 9.31 Å². The molecule has 2 rings (SSSR count). The maximum atomic E-state index is 5.98. The van der Waals surface area contributed by atoms with Gasteiger partial charge in [-0.3, -0.25) is 0 Å². The molecule has 3 heteroatoms. The van der Waals surface area contributed by atoms with Crippen molar-refractivity contribution in [2.45, 2.75) is 58.1 Å². The first-order chi connectivity index (χ1) is 9.32. The topological polar surface area (TPSA) is 18.5 Å². The molecule has 1 atom stereocenters. The number of hydrogen-bond donors (Lipinski definition) is 0. The second-order valence-corrected chi connectivity index (χ2v) is 6.55. The van der Waals surface area contributed by atoms with E-state index in [0.29, 0.717) is 5.92 Å². The number of hydrogen-bond acceptors (Lipinski definition) is 2. The van der Waals surface area contributed by atoms with Gasteiger partial charge in [-0.2, -0.15) is 0 Å². The third-order valence-corrected chi connectivity index (χ3v) is 4.38. The van der Waals surface area contributed by atoms with Gasteiger partial charge in [-0.25, -0.2) is 0 Å². The van der Waals surface area contributed by atoms with Gasteiger partial charge in [-0.05, 0) is 39.2 Å². The Morgan fingerprint density at radius 1 is 1.05 bits per heavy atom. The predicted octanol–water partition coefficient (Wildman–Crippen LogP) is 4.44. The quantitative estimate of drug-likeness (QED) is 0.596. The minimum atomic E-state index is -0.240. The SMILES string of the molecule is CC(/C=C/CB1OC(C)(C)C(C)(C)O1)c1ccccc1. The van der Waals surface area contributed by atoms with Gasteiger partial charge in [0.15, 0.2) is 0 Å². The van der Waals surface area contributed by atoms with Crippen LogP contribution in [0.3, 0.4) is 0 Å². The molecule has 2 nitrogen and oxygen atoms in total. The maximum Gasteiger partial charge on any atom is 0.461 e. The Balaban J connectivity index is 1.89. The van der Waals surface area contributed by atoms with Crippen LogP contribution in [0.1, 0.15) is 46.1 Å². The van der Waals surface area contributed by atoms with Crippen LogP contribution < -0.4 is 0 Å². The van der Waals surface area contributed by atoms with Crippen LogP contribution in [0.4, 0.5) is 0 Å².